The van der Waals surface area contributed by atoms with E-state index in [2.05, 4.69) is 19.2 Å². The molecule has 3 aromatic rings. The van der Waals surface area contributed by atoms with Gasteiger partial charge in [0.05, 0.1) is 11.4 Å². The van der Waals surface area contributed by atoms with E-state index in [0.29, 0.717) is 16.8 Å². The molecular weight excluding hydrogens is 860 g/mol. The maximum atomic E-state index is 13.7. The molecule has 19 heteroatoms. The highest BCUT2D eigenvalue weighted by atomic mass is 35.5. The maximum Gasteiger partial charge on any atom is 0.426 e. The average molecular weight is 901 g/mol. The van der Waals surface area contributed by atoms with Gasteiger partial charge in [0, 0.05) is 76.9 Å². The number of carbonyl (C=O) groups is 6. The van der Waals surface area contributed by atoms with Crippen LogP contribution in [0.15, 0.2) is 113 Å². The zero-order chi connectivity index (χ0) is 44.4. The Kier molecular flexibility index (Phi) is 12.3. The number of fused-ring (bicyclic) bond motifs is 3. The Balaban J connectivity index is 1.19. The lowest BCUT2D eigenvalue weighted by Gasteiger charge is -2.60. The highest BCUT2D eigenvalue weighted by Crippen LogP contribution is 2.51. The number of hydrogen-bond acceptors (Lipinski definition) is 18. The van der Waals surface area contributed by atoms with E-state index in [1.165, 1.54) is 0 Å². The zero-order valence-corrected chi connectivity index (χ0v) is 35.6. The number of piperazine rings is 1. The van der Waals surface area contributed by atoms with E-state index in [1.807, 2.05) is 53.4 Å². The predicted octanol–water partition coefficient (Wildman–Crippen LogP) is 4.50. The first-order chi connectivity index (χ1) is 30.3. The van der Waals surface area contributed by atoms with Crippen LogP contribution >= 0.6 is 23.4 Å². The van der Waals surface area contributed by atoms with Gasteiger partial charge in [-0.25, -0.2) is 33.7 Å². The third-order valence-corrected chi connectivity index (χ3v) is 11.8. The van der Waals surface area contributed by atoms with Gasteiger partial charge >= 0.3 is 53.5 Å². The average Bonchev–Trinajstić information content (AvgIpc) is 3.58. The summed E-state index contributed by atoms with van der Waals surface area (Å²) in [5.41, 5.74) is 2.68. The molecule has 0 atom stereocenters. The van der Waals surface area contributed by atoms with Crippen LogP contribution in [0.5, 0.6) is 5.75 Å². The van der Waals surface area contributed by atoms with Gasteiger partial charge in [0.25, 0.3) is 0 Å². The first-order valence-corrected chi connectivity index (χ1v) is 21.2. The second-order valence-electron chi connectivity index (χ2n) is 15.0. The van der Waals surface area contributed by atoms with Crippen molar-refractivity contribution in [3.8, 4) is 5.75 Å². The predicted molar refractivity (Wildman–Crippen MR) is 223 cm³/mol. The molecule has 1 saturated heterocycles. The maximum absolute atomic E-state index is 13.7. The first kappa shape index (κ1) is 43.5. The number of nitrogens with zero attached hydrogens (tertiary/aromatic N) is 3. The Labute approximate surface area is 370 Å². The van der Waals surface area contributed by atoms with Crippen LogP contribution in [0.2, 0.25) is 5.02 Å². The molecule has 0 unspecified atom stereocenters. The van der Waals surface area contributed by atoms with E-state index in [9.17, 15) is 28.8 Å². The number of halogens is 1. The monoisotopic (exact) mass is 900 g/mol. The number of esters is 6. The Morgan fingerprint density at radius 3 is 1.87 bits per heavy atom. The largest absolute Gasteiger partial charge is 0.492 e. The van der Waals surface area contributed by atoms with E-state index in [0.717, 1.165) is 86.0 Å². The minimum Gasteiger partial charge on any atom is -0.492 e. The van der Waals surface area contributed by atoms with Gasteiger partial charge in [-0.15, -0.1) is 4.90 Å². The fraction of sp³-hybridized carbons (Fsp3) is 0.318. The number of nitrogens with one attached hydrogen (secondary N) is 1. The molecule has 0 radical (unpaired) electrons. The van der Waals surface area contributed by atoms with Crippen LogP contribution in [0.1, 0.15) is 25.8 Å². The van der Waals surface area contributed by atoms with E-state index in [4.69, 9.17) is 44.8 Å². The van der Waals surface area contributed by atoms with Gasteiger partial charge in [-0.05, 0) is 67.4 Å². The van der Waals surface area contributed by atoms with Gasteiger partial charge in [-0.3, -0.25) is 0 Å². The SMILES string of the molecule is CC(C)NCCc1ccc(OCCN2C3(CN(CCCN4c5ccccc5Sc5ccc(Cl)cc54)C4(OC(=O)C=CC(=O)O4)C24OC(=O)C=CC(=O)O4)OC(=O)C=CC(=O)O3)cc1. The summed E-state index contributed by atoms with van der Waals surface area (Å²) < 4.78 is 41.8. The third-order valence-electron chi connectivity index (χ3n) is 10.4. The van der Waals surface area contributed by atoms with Gasteiger partial charge in [0.2, 0.25) is 0 Å². The second-order valence-corrected chi connectivity index (χ2v) is 16.5. The zero-order valence-electron chi connectivity index (χ0n) is 34.0. The summed E-state index contributed by atoms with van der Waals surface area (Å²) >= 11 is 8.05. The van der Waals surface area contributed by atoms with Crippen LogP contribution in [-0.4, -0.2) is 109 Å². The molecule has 1 N–H and O–H groups in total. The fourth-order valence-electron chi connectivity index (χ4n) is 7.75. The second kappa shape index (κ2) is 17.9. The van der Waals surface area contributed by atoms with Crippen molar-refractivity contribution in [1.29, 1.82) is 0 Å². The number of rotatable bonds is 12. The molecule has 63 heavy (non-hydrogen) atoms. The standard InChI is InChI=1S/C44H41ClN4O13S/c1-28(2)46-21-20-29-8-11-31(12-9-29)56-25-24-49-42(57-36(50)14-15-37(51)58-42)27-47(22-5-23-48-32-6-3-4-7-34(32)63-35-13-10-30(45)26-33(35)48)43(59-38(52)16-17-39(53)60-43)44(49)61-40(54)18-19-41(55)62-44/h3-4,6-19,26,28,46H,5,20-25,27H2,1-2H3. The van der Waals surface area contributed by atoms with Crippen molar-refractivity contribution in [2.45, 2.75) is 60.3 Å². The summed E-state index contributed by atoms with van der Waals surface area (Å²) in [6.45, 7) is 3.22. The number of carbonyl (C=O) groups excluding carboxylic acids is 6. The molecule has 328 valence electrons. The molecule has 1 fully saturated rings. The van der Waals surface area contributed by atoms with Crippen LogP contribution in [0.4, 0.5) is 11.4 Å². The minimum atomic E-state index is -3.20. The van der Waals surface area contributed by atoms with Crippen LogP contribution in [0.25, 0.3) is 0 Å². The van der Waals surface area contributed by atoms with Crippen molar-refractivity contribution < 1.29 is 61.9 Å². The summed E-state index contributed by atoms with van der Waals surface area (Å²) in [6, 6.07) is 20.8. The van der Waals surface area contributed by atoms with Gasteiger partial charge < -0.3 is 43.4 Å². The summed E-state index contributed by atoms with van der Waals surface area (Å²) in [7, 11) is 0. The molecule has 0 saturated carbocycles. The summed E-state index contributed by atoms with van der Waals surface area (Å²) in [6.07, 6.45) is 5.56. The molecule has 0 bridgehead atoms. The Hall–Kier alpha value is -6.18. The number of ether oxygens (including phenoxy) is 7. The molecule has 5 aliphatic heterocycles. The van der Waals surface area contributed by atoms with Crippen molar-refractivity contribution in [2.75, 3.05) is 44.2 Å². The van der Waals surface area contributed by atoms with Gasteiger partial charge in [0.15, 0.2) is 0 Å². The Morgan fingerprint density at radius 2 is 1.25 bits per heavy atom. The highest BCUT2D eigenvalue weighted by Gasteiger charge is 2.81. The van der Waals surface area contributed by atoms with Crippen LogP contribution < -0.4 is 15.0 Å². The van der Waals surface area contributed by atoms with E-state index in [1.54, 1.807) is 30.0 Å². The molecule has 3 aromatic carbocycles. The van der Waals surface area contributed by atoms with Crippen molar-refractivity contribution in [1.82, 2.24) is 15.1 Å². The Morgan fingerprint density at radius 1 is 0.683 bits per heavy atom. The van der Waals surface area contributed by atoms with Gasteiger partial charge in [-0.1, -0.05) is 61.5 Å². The van der Waals surface area contributed by atoms with Gasteiger partial charge in [-0.2, -0.15) is 0 Å². The summed E-state index contributed by atoms with van der Waals surface area (Å²) in [5.74, 6) is -15.4. The topological polar surface area (TPSA) is 189 Å². The molecule has 17 nitrogen and oxygen atoms in total. The number of para-hydroxylation sites is 1. The summed E-state index contributed by atoms with van der Waals surface area (Å²) in [4.78, 5) is 87.2. The van der Waals surface area contributed by atoms with Crippen molar-refractivity contribution >= 4 is 70.6 Å². The quantitative estimate of drug-likeness (QED) is 0.197. The van der Waals surface area contributed by atoms with Crippen molar-refractivity contribution in [3.05, 3.63) is 114 Å². The molecule has 3 spiro atoms. The lowest BCUT2D eigenvalue weighted by molar-refractivity contribution is -0.515. The lowest BCUT2D eigenvalue weighted by atomic mass is 10.1. The molecule has 0 aliphatic carbocycles. The minimum absolute atomic E-state index is 0.133. The van der Waals surface area contributed by atoms with E-state index < -0.39 is 66.6 Å². The number of anilines is 2. The number of benzene rings is 3. The Bertz CT molecular complexity index is 2360. The number of hydrogen-bond donors (Lipinski definition) is 1. The molecule has 5 aliphatic rings. The van der Waals surface area contributed by atoms with Crippen LogP contribution in [0, 0.1) is 0 Å². The van der Waals surface area contributed by atoms with Crippen molar-refractivity contribution in [3.63, 3.8) is 0 Å². The van der Waals surface area contributed by atoms with E-state index in [-0.39, 0.29) is 26.1 Å². The molecule has 0 amide bonds. The molecule has 0 aromatic heterocycles. The van der Waals surface area contributed by atoms with Gasteiger partial charge in [0.1, 0.15) is 18.9 Å². The lowest BCUT2D eigenvalue weighted by Crippen LogP contribution is -2.87. The molecule has 8 rings (SSSR count). The first-order valence-electron chi connectivity index (χ1n) is 20.0. The van der Waals surface area contributed by atoms with Crippen LogP contribution in [0.3, 0.4) is 0 Å². The van der Waals surface area contributed by atoms with E-state index >= 15 is 0 Å². The smallest absolute Gasteiger partial charge is 0.426 e. The van der Waals surface area contributed by atoms with Crippen molar-refractivity contribution in [2.24, 2.45) is 0 Å². The summed E-state index contributed by atoms with van der Waals surface area (Å²) in [5, 5.41) is 3.86. The third kappa shape index (κ3) is 8.90. The highest BCUT2D eigenvalue weighted by molar-refractivity contribution is 7.99. The normalized spacial score (nSPS) is 19.9. The fourth-order valence-corrected chi connectivity index (χ4v) is 8.99. The molecular formula is C44H41ClN4O13S. The van der Waals surface area contributed by atoms with Crippen LogP contribution in [-0.2, 0) is 63.6 Å². The molecule has 5 heterocycles.